The molecule has 94 valence electrons. The zero-order chi connectivity index (χ0) is 12.8. The SMILES string of the molecule is Fc1ccc([C@@H](CCCl)Oc2ccccc2)cc1. The first-order valence-corrected chi connectivity index (χ1v) is 6.36. The maximum absolute atomic E-state index is 12.9. The Balaban J connectivity index is 2.15. The quantitative estimate of drug-likeness (QED) is 0.719. The van der Waals surface area contributed by atoms with Gasteiger partial charge >= 0.3 is 0 Å². The molecule has 0 spiro atoms. The topological polar surface area (TPSA) is 9.23 Å². The summed E-state index contributed by atoms with van der Waals surface area (Å²) >= 11 is 5.79. The van der Waals surface area contributed by atoms with Crippen molar-refractivity contribution in [1.29, 1.82) is 0 Å². The average molecular weight is 265 g/mol. The highest BCUT2D eigenvalue weighted by molar-refractivity contribution is 6.17. The molecule has 1 nitrogen and oxygen atoms in total. The van der Waals surface area contributed by atoms with Gasteiger partial charge in [0, 0.05) is 12.3 Å². The molecule has 0 radical (unpaired) electrons. The van der Waals surface area contributed by atoms with E-state index in [1.165, 1.54) is 12.1 Å². The fourth-order valence-electron chi connectivity index (χ4n) is 1.73. The molecule has 0 bridgehead atoms. The number of rotatable bonds is 5. The van der Waals surface area contributed by atoms with Crippen molar-refractivity contribution in [3.8, 4) is 5.75 Å². The van der Waals surface area contributed by atoms with Gasteiger partial charge < -0.3 is 4.74 Å². The lowest BCUT2D eigenvalue weighted by Gasteiger charge is -2.18. The summed E-state index contributed by atoms with van der Waals surface area (Å²) in [6.07, 6.45) is 0.535. The second kappa shape index (κ2) is 6.41. The average Bonchev–Trinajstić information content (AvgIpc) is 2.40. The van der Waals surface area contributed by atoms with E-state index in [1.807, 2.05) is 30.3 Å². The van der Waals surface area contributed by atoms with Crippen LogP contribution in [0, 0.1) is 5.82 Å². The summed E-state index contributed by atoms with van der Waals surface area (Å²) in [4.78, 5) is 0. The number of benzene rings is 2. The third-order valence-corrected chi connectivity index (χ3v) is 2.85. The second-order valence-electron chi connectivity index (χ2n) is 3.95. The van der Waals surface area contributed by atoms with Crippen LogP contribution in [0.2, 0.25) is 0 Å². The molecule has 2 aromatic carbocycles. The molecule has 0 aliphatic carbocycles. The summed E-state index contributed by atoms with van der Waals surface area (Å²) in [6.45, 7) is 0. The highest BCUT2D eigenvalue weighted by Crippen LogP contribution is 2.25. The summed E-state index contributed by atoms with van der Waals surface area (Å²) < 4.78 is 18.8. The van der Waals surface area contributed by atoms with Crippen molar-refractivity contribution in [3.05, 3.63) is 66.0 Å². The molecule has 0 unspecified atom stereocenters. The standard InChI is InChI=1S/C15H14ClFO/c16-11-10-15(12-6-8-13(17)9-7-12)18-14-4-2-1-3-5-14/h1-9,15H,10-11H2/t15-/m1/s1. The number of ether oxygens (including phenoxy) is 1. The largest absolute Gasteiger partial charge is 0.486 e. The van der Waals surface area contributed by atoms with Gasteiger partial charge in [0.1, 0.15) is 17.7 Å². The molecular weight excluding hydrogens is 251 g/mol. The molecule has 18 heavy (non-hydrogen) atoms. The Labute approximate surface area is 111 Å². The van der Waals surface area contributed by atoms with Gasteiger partial charge in [-0.1, -0.05) is 30.3 Å². The van der Waals surface area contributed by atoms with Crippen LogP contribution in [0.25, 0.3) is 0 Å². The third kappa shape index (κ3) is 3.47. The molecule has 1 atom stereocenters. The molecule has 0 saturated heterocycles. The molecule has 0 aromatic heterocycles. The van der Waals surface area contributed by atoms with Gasteiger partial charge in [-0.3, -0.25) is 0 Å². The van der Waals surface area contributed by atoms with E-state index in [0.717, 1.165) is 11.3 Å². The van der Waals surface area contributed by atoms with Crippen LogP contribution in [0.1, 0.15) is 18.1 Å². The van der Waals surface area contributed by atoms with Crippen LogP contribution >= 0.6 is 11.6 Å². The molecule has 0 amide bonds. The Morgan fingerprint density at radius 1 is 1.00 bits per heavy atom. The van der Waals surface area contributed by atoms with Crippen LogP contribution in [0.3, 0.4) is 0 Å². The van der Waals surface area contributed by atoms with Crippen molar-refractivity contribution in [2.45, 2.75) is 12.5 Å². The summed E-state index contributed by atoms with van der Waals surface area (Å²) in [6, 6.07) is 15.9. The molecule has 0 fully saturated rings. The highest BCUT2D eigenvalue weighted by Gasteiger charge is 2.12. The summed E-state index contributed by atoms with van der Waals surface area (Å²) in [5.41, 5.74) is 0.931. The number of hydrogen-bond acceptors (Lipinski definition) is 1. The Hall–Kier alpha value is -1.54. The van der Waals surface area contributed by atoms with Gasteiger partial charge in [0.25, 0.3) is 0 Å². The van der Waals surface area contributed by atoms with Gasteiger partial charge in [-0.15, -0.1) is 11.6 Å². The fourth-order valence-corrected chi connectivity index (χ4v) is 1.93. The molecule has 0 aliphatic rings. The summed E-state index contributed by atoms with van der Waals surface area (Å²) in [5.74, 6) is 1.04. The predicted octanol–water partition coefficient (Wildman–Crippen LogP) is 4.57. The number of halogens is 2. The van der Waals surface area contributed by atoms with Gasteiger partial charge in [-0.25, -0.2) is 4.39 Å². The van der Waals surface area contributed by atoms with E-state index in [1.54, 1.807) is 12.1 Å². The van der Waals surface area contributed by atoms with E-state index in [-0.39, 0.29) is 11.9 Å². The van der Waals surface area contributed by atoms with E-state index >= 15 is 0 Å². The maximum atomic E-state index is 12.9. The van der Waals surface area contributed by atoms with Gasteiger partial charge in [0.2, 0.25) is 0 Å². The van der Waals surface area contributed by atoms with E-state index < -0.39 is 0 Å². The lowest BCUT2D eigenvalue weighted by molar-refractivity contribution is 0.202. The zero-order valence-corrected chi connectivity index (χ0v) is 10.6. The van der Waals surface area contributed by atoms with Crippen LogP contribution in [0.4, 0.5) is 4.39 Å². The lowest BCUT2D eigenvalue weighted by Crippen LogP contribution is -2.08. The van der Waals surface area contributed by atoms with Crippen molar-refractivity contribution in [3.63, 3.8) is 0 Å². The Kier molecular flexibility index (Phi) is 4.59. The van der Waals surface area contributed by atoms with Crippen molar-refractivity contribution < 1.29 is 9.13 Å². The van der Waals surface area contributed by atoms with Gasteiger partial charge in [0.15, 0.2) is 0 Å². The third-order valence-electron chi connectivity index (χ3n) is 2.63. The molecule has 0 saturated carbocycles. The Morgan fingerprint density at radius 2 is 1.67 bits per heavy atom. The highest BCUT2D eigenvalue weighted by atomic mass is 35.5. The molecule has 3 heteroatoms. The minimum atomic E-state index is -0.247. The van der Waals surface area contributed by atoms with Crippen LogP contribution < -0.4 is 4.74 Å². The fraction of sp³-hybridized carbons (Fsp3) is 0.200. The maximum Gasteiger partial charge on any atom is 0.125 e. The summed E-state index contributed by atoms with van der Waals surface area (Å²) in [7, 11) is 0. The van der Waals surface area contributed by atoms with Crippen LogP contribution in [-0.4, -0.2) is 5.88 Å². The normalized spacial score (nSPS) is 12.1. The monoisotopic (exact) mass is 264 g/mol. The molecule has 0 heterocycles. The number of alkyl halides is 1. The van der Waals surface area contributed by atoms with Crippen LogP contribution in [0.5, 0.6) is 5.75 Å². The Bertz CT molecular complexity index is 470. The van der Waals surface area contributed by atoms with E-state index in [0.29, 0.717) is 12.3 Å². The van der Waals surface area contributed by atoms with Gasteiger partial charge in [0.05, 0.1) is 0 Å². The molecule has 2 rings (SSSR count). The number of para-hydroxylation sites is 1. The van der Waals surface area contributed by atoms with Crippen LogP contribution in [0.15, 0.2) is 54.6 Å². The molecule has 0 N–H and O–H groups in total. The minimum absolute atomic E-state index is 0.148. The summed E-state index contributed by atoms with van der Waals surface area (Å²) in [5, 5.41) is 0. The van der Waals surface area contributed by atoms with Crippen molar-refractivity contribution in [2.75, 3.05) is 5.88 Å². The van der Waals surface area contributed by atoms with E-state index in [4.69, 9.17) is 16.3 Å². The van der Waals surface area contributed by atoms with Crippen LogP contribution in [-0.2, 0) is 0 Å². The van der Waals surface area contributed by atoms with Crippen molar-refractivity contribution in [2.24, 2.45) is 0 Å². The van der Waals surface area contributed by atoms with Crippen molar-refractivity contribution >= 4 is 11.6 Å². The predicted molar refractivity (Wildman–Crippen MR) is 71.5 cm³/mol. The first-order chi connectivity index (χ1) is 8.79. The van der Waals surface area contributed by atoms with Gasteiger partial charge in [-0.05, 0) is 29.8 Å². The van der Waals surface area contributed by atoms with Crippen molar-refractivity contribution in [1.82, 2.24) is 0 Å². The Morgan fingerprint density at radius 3 is 2.28 bits per heavy atom. The molecule has 0 aliphatic heterocycles. The molecule has 2 aromatic rings. The smallest absolute Gasteiger partial charge is 0.125 e. The van der Waals surface area contributed by atoms with Gasteiger partial charge in [-0.2, -0.15) is 0 Å². The first-order valence-electron chi connectivity index (χ1n) is 5.83. The van der Waals surface area contributed by atoms with E-state index in [9.17, 15) is 4.39 Å². The lowest BCUT2D eigenvalue weighted by atomic mass is 10.1. The number of hydrogen-bond donors (Lipinski definition) is 0. The molecular formula is C15H14ClFO. The second-order valence-corrected chi connectivity index (χ2v) is 4.33. The first kappa shape index (κ1) is 12.9. The zero-order valence-electron chi connectivity index (χ0n) is 9.85. The van der Waals surface area contributed by atoms with E-state index in [2.05, 4.69) is 0 Å². The minimum Gasteiger partial charge on any atom is -0.486 e.